The lowest BCUT2D eigenvalue weighted by molar-refractivity contribution is -0.131. The largest absolute Gasteiger partial charge is 0.348 e. The van der Waals surface area contributed by atoms with Gasteiger partial charge in [0.1, 0.15) is 17.5 Å². The van der Waals surface area contributed by atoms with Gasteiger partial charge in [-0.1, -0.05) is 6.08 Å². The fourth-order valence-electron chi connectivity index (χ4n) is 5.58. The average Bonchev–Trinajstić information content (AvgIpc) is 3.13. The molecule has 0 N–H and O–H groups in total. The lowest BCUT2D eigenvalue weighted by atomic mass is 10.1. The van der Waals surface area contributed by atoms with Crippen LogP contribution in [0.2, 0.25) is 0 Å². The standard InChI is InChI=1S/C31H33F2N5OS/c32-24-10-6-22(7-11-24)26-5-4-18-38(30(34-26)23-8-12-25(33)13-9-23)21-29(39)36-19-14-27-28(15-20-36)40-31(35-27)37-16-2-1-3-17-37/h5-13H,1-4,14-21H2. The van der Waals surface area contributed by atoms with Gasteiger partial charge >= 0.3 is 0 Å². The van der Waals surface area contributed by atoms with E-state index in [1.165, 1.54) is 48.4 Å². The molecule has 3 aromatic rings. The van der Waals surface area contributed by atoms with Crippen LogP contribution in [0, 0.1) is 11.6 Å². The van der Waals surface area contributed by atoms with E-state index in [0.717, 1.165) is 47.9 Å². The number of benzene rings is 2. The summed E-state index contributed by atoms with van der Waals surface area (Å²) in [5, 5.41) is 1.14. The fraction of sp³-hybridized carbons (Fsp3) is 0.387. The number of halogens is 2. The predicted molar refractivity (Wildman–Crippen MR) is 156 cm³/mol. The van der Waals surface area contributed by atoms with Crippen molar-refractivity contribution in [2.45, 2.75) is 38.5 Å². The molecule has 0 radical (unpaired) electrons. The fourth-order valence-corrected chi connectivity index (χ4v) is 6.73. The molecule has 0 spiro atoms. The molecule has 0 saturated carbocycles. The molecule has 6 nitrogen and oxygen atoms in total. The van der Waals surface area contributed by atoms with Crippen molar-refractivity contribution in [3.63, 3.8) is 0 Å². The number of aromatic nitrogens is 1. The maximum atomic E-state index is 13.8. The Kier molecular flexibility index (Phi) is 7.91. The first-order chi connectivity index (χ1) is 19.5. The SMILES string of the molecule is O=C(CN1CCC=C(c2ccc(F)cc2)N=C1c1ccc(F)cc1)N1CCc2nc(N3CCCCC3)sc2CC1. The summed E-state index contributed by atoms with van der Waals surface area (Å²) >= 11 is 1.79. The quantitative estimate of drug-likeness (QED) is 0.411. The van der Waals surface area contributed by atoms with E-state index in [-0.39, 0.29) is 24.1 Å². The smallest absolute Gasteiger partial charge is 0.242 e. The molecule has 3 aliphatic heterocycles. The van der Waals surface area contributed by atoms with Crippen LogP contribution in [0.25, 0.3) is 5.70 Å². The molecule has 1 fully saturated rings. The van der Waals surface area contributed by atoms with Crippen molar-refractivity contribution in [2.24, 2.45) is 4.99 Å². The summed E-state index contributed by atoms with van der Waals surface area (Å²) in [7, 11) is 0. The minimum absolute atomic E-state index is 0.0476. The Morgan fingerprint density at radius 3 is 2.23 bits per heavy atom. The summed E-state index contributed by atoms with van der Waals surface area (Å²) < 4.78 is 27.3. The van der Waals surface area contributed by atoms with Crippen molar-refractivity contribution in [2.75, 3.05) is 44.2 Å². The number of amidine groups is 1. The van der Waals surface area contributed by atoms with Crippen LogP contribution in [0.3, 0.4) is 0 Å². The van der Waals surface area contributed by atoms with Crippen LogP contribution in [-0.4, -0.2) is 65.8 Å². The van der Waals surface area contributed by atoms with Gasteiger partial charge in [0.05, 0.1) is 17.9 Å². The number of nitrogens with zero attached hydrogens (tertiary/aromatic N) is 5. The predicted octanol–water partition coefficient (Wildman–Crippen LogP) is 5.53. The lowest BCUT2D eigenvalue weighted by Gasteiger charge is -2.28. The third-order valence-electron chi connectivity index (χ3n) is 7.80. The third kappa shape index (κ3) is 5.94. The Bertz CT molecular complexity index is 1380. The molecule has 1 saturated heterocycles. The van der Waals surface area contributed by atoms with E-state index in [1.807, 2.05) is 15.9 Å². The van der Waals surface area contributed by atoms with Crippen LogP contribution in [-0.2, 0) is 17.6 Å². The second-order valence-corrected chi connectivity index (χ2v) is 11.6. The highest BCUT2D eigenvalue weighted by atomic mass is 32.1. The van der Waals surface area contributed by atoms with Crippen molar-refractivity contribution in [1.29, 1.82) is 0 Å². The van der Waals surface area contributed by atoms with E-state index in [1.54, 1.807) is 35.6 Å². The van der Waals surface area contributed by atoms with Gasteiger partial charge in [-0.2, -0.15) is 0 Å². The van der Waals surface area contributed by atoms with Crippen LogP contribution in [0.1, 0.15) is 47.4 Å². The molecule has 40 heavy (non-hydrogen) atoms. The zero-order valence-corrected chi connectivity index (χ0v) is 23.3. The molecule has 0 aliphatic carbocycles. The van der Waals surface area contributed by atoms with Crippen LogP contribution < -0.4 is 4.90 Å². The molecule has 1 amide bonds. The second kappa shape index (κ2) is 11.9. The van der Waals surface area contributed by atoms with Crippen molar-refractivity contribution < 1.29 is 13.6 Å². The third-order valence-corrected chi connectivity index (χ3v) is 9.02. The molecule has 0 unspecified atom stereocenters. The Labute approximate surface area is 237 Å². The van der Waals surface area contributed by atoms with E-state index < -0.39 is 0 Å². The molecule has 1 aromatic heterocycles. The van der Waals surface area contributed by atoms with Crippen molar-refractivity contribution >= 4 is 33.9 Å². The second-order valence-electron chi connectivity index (χ2n) is 10.5. The number of thiazole rings is 1. The summed E-state index contributed by atoms with van der Waals surface area (Å²) in [4.78, 5) is 31.2. The number of rotatable bonds is 5. The molecule has 3 aliphatic rings. The van der Waals surface area contributed by atoms with Gasteiger partial charge in [0.25, 0.3) is 0 Å². The van der Waals surface area contributed by atoms with Crippen molar-refractivity contribution in [1.82, 2.24) is 14.8 Å². The van der Waals surface area contributed by atoms with Crippen LogP contribution in [0.15, 0.2) is 59.6 Å². The molecule has 208 valence electrons. The number of carbonyl (C=O) groups is 1. The number of fused-ring (bicyclic) bond motifs is 1. The van der Waals surface area contributed by atoms with Crippen LogP contribution in [0.4, 0.5) is 13.9 Å². The molecular weight excluding hydrogens is 528 g/mol. The van der Waals surface area contributed by atoms with Gasteiger partial charge in [-0.3, -0.25) is 4.79 Å². The Balaban J connectivity index is 1.18. The maximum Gasteiger partial charge on any atom is 0.242 e. The Morgan fingerprint density at radius 2 is 1.50 bits per heavy atom. The van der Waals surface area contributed by atoms with E-state index in [0.29, 0.717) is 37.6 Å². The monoisotopic (exact) mass is 561 g/mol. The van der Waals surface area contributed by atoms with Crippen LogP contribution >= 0.6 is 11.3 Å². The number of piperidine rings is 1. The first kappa shape index (κ1) is 26.6. The molecule has 4 heterocycles. The Hall–Kier alpha value is -3.59. The summed E-state index contributed by atoms with van der Waals surface area (Å²) in [6.07, 6.45) is 8.03. The van der Waals surface area contributed by atoms with Gasteiger partial charge in [0.2, 0.25) is 5.91 Å². The van der Waals surface area contributed by atoms with Gasteiger partial charge in [0, 0.05) is 61.6 Å². The van der Waals surface area contributed by atoms with Gasteiger partial charge in [0.15, 0.2) is 5.13 Å². The van der Waals surface area contributed by atoms with Gasteiger partial charge in [-0.25, -0.2) is 18.8 Å². The molecule has 0 bridgehead atoms. The summed E-state index contributed by atoms with van der Waals surface area (Å²) in [5.41, 5.74) is 3.38. The van der Waals surface area contributed by atoms with Crippen molar-refractivity contribution in [3.05, 3.63) is 87.9 Å². The van der Waals surface area contributed by atoms with Gasteiger partial charge in [-0.15, -0.1) is 11.3 Å². The molecule has 9 heteroatoms. The van der Waals surface area contributed by atoms with Gasteiger partial charge < -0.3 is 14.7 Å². The topological polar surface area (TPSA) is 52.0 Å². The number of aliphatic imine (C=N–C) groups is 1. The maximum absolute atomic E-state index is 13.8. The first-order valence-electron chi connectivity index (χ1n) is 14.1. The number of hydrogen-bond acceptors (Lipinski definition) is 6. The normalized spacial score (nSPS) is 18.0. The zero-order chi connectivity index (χ0) is 27.5. The van der Waals surface area contributed by atoms with Gasteiger partial charge in [-0.05, 0) is 74.2 Å². The minimum atomic E-state index is -0.330. The summed E-state index contributed by atoms with van der Waals surface area (Å²) in [5.74, 6) is 0.0243. The summed E-state index contributed by atoms with van der Waals surface area (Å²) in [6, 6.07) is 12.4. The number of amides is 1. The van der Waals surface area contributed by atoms with E-state index in [4.69, 9.17) is 9.98 Å². The number of anilines is 1. The molecular formula is C31H33F2N5OS. The van der Waals surface area contributed by atoms with E-state index in [9.17, 15) is 13.6 Å². The number of hydrogen-bond donors (Lipinski definition) is 0. The highest BCUT2D eigenvalue weighted by Gasteiger charge is 2.27. The van der Waals surface area contributed by atoms with E-state index in [2.05, 4.69) is 4.90 Å². The first-order valence-corrected chi connectivity index (χ1v) is 14.9. The highest BCUT2D eigenvalue weighted by molar-refractivity contribution is 7.15. The number of carbonyl (C=O) groups excluding carboxylic acids is 1. The lowest BCUT2D eigenvalue weighted by Crippen LogP contribution is -2.44. The zero-order valence-electron chi connectivity index (χ0n) is 22.5. The van der Waals surface area contributed by atoms with Crippen molar-refractivity contribution in [3.8, 4) is 0 Å². The average molecular weight is 562 g/mol. The highest BCUT2D eigenvalue weighted by Crippen LogP contribution is 2.31. The van der Waals surface area contributed by atoms with E-state index >= 15 is 0 Å². The molecule has 0 atom stereocenters. The Morgan fingerprint density at radius 1 is 0.825 bits per heavy atom. The molecule has 6 rings (SSSR count). The minimum Gasteiger partial charge on any atom is -0.348 e. The van der Waals surface area contributed by atoms with Crippen LogP contribution in [0.5, 0.6) is 0 Å². The molecule has 2 aromatic carbocycles. The summed E-state index contributed by atoms with van der Waals surface area (Å²) in [6.45, 7) is 4.26.